The van der Waals surface area contributed by atoms with Crippen LogP contribution in [0.4, 0.5) is 0 Å². The summed E-state index contributed by atoms with van der Waals surface area (Å²) in [7, 11) is 0. The average Bonchev–Trinajstić information content (AvgIpc) is 3.11. The van der Waals surface area contributed by atoms with Crippen LogP contribution in [0.3, 0.4) is 0 Å². The van der Waals surface area contributed by atoms with Gasteiger partial charge in [-0.1, -0.05) is 0 Å². The summed E-state index contributed by atoms with van der Waals surface area (Å²) in [5.74, 6) is -1.37. The molecule has 0 spiro atoms. The van der Waals surface area contributed by atoms with E-state index in [9.17, 15) is 9.59 Å². The van der Waals surface area contributed by atoms with E-state index in [2.05, 4.69) is 15.5 Å². The molecule has 0 saturated carbocycles. The predicted molar refractivity (Wildman–Crippen MR) is 78.5 cm³/mol. The standard InChI is InChI=1S/C14H19N5O3/c1-10-8-17-18(9-10)7-3-5-15-13(20)11(2)19-12(14(21)22)4-6-16-19/h4,6,8-9,11H,3,5,7H2,1-2H3,(H,15,20)(H,21,22). The summed E-state index contributed by atoms with van der Waals surface area (Å²) in [4.78, 5) is 23.1. The molecule has 2 aromatic rings. The average molecular weight is 305 g/mol. The fourth-order valence-corrected chi connectivity index (χ4v) is 2.09. The maximum Gasteiger partial charge on any atom is 0.354 e. The lowest BCUT2D eigenvalue weighted by molar-refractivity contribution is -0.124. The Morgan fingerprint density at radius 1 is 1.41 bits per heavy atom. The van der Waals surface area contributed by atoms with Gasteiger partial charge in [-0.3, -0.25) is 9.48 Å². The number of carbonyl (C=O) groups excluding carboxylic acids is 1. The second kappa shape index (κ2) is 6.88. The normalized spacial score (nSPS) is 12.1. The lowest BCUT2D eigenvalue weighted by Gasteiger charge is -2.14. The SMILES string of the molecule is Cc1cnn(CCCNC(=O)C(C)n2nccc2C(=O)O)c1. The molecular weight excluding hydrogens is 286 g/mol. The van der Waals surface area contributed by atoms with Crippen molar-refractivity contribution in [2.24, 2.45) is 0 Å². The Morgan fingerprint density at radius 3 is 2.82 bits per heavy atom. The molecule has 2 heterocycles. The molecule has 1 unspecified atom stereocenters. The van der Waals surface area contributed by atoms with Gasteiger partial charge in [0.1, 0.15) is 11.7 Å². The van der Waals surface area contributed by atoms with E-state index in [4.69, 9.17) is 5.11 Å². The lowest BCUT2D eigenvalue weighted by Crippen LogP contribution is -2.33. The molecule has 22 heavy (non-hydrogen) atoms. The van der Waals surface area contributed by atoms with E-state index in [1.54, 1.807) is 13.1 Å². The van der Waals surface area contributed by atoms with Crippen molar-refractivity contribution in [3.63, 3.8) is 0 Å². The second-order valence-corrected chi connectivity index (χ2v) is 5.07. The van der Waals surface area contributed by atoms with Gasteiger partial charge >= 0.3 is 5.97 Å². The second-order valence-electron chi connectivity index (χ2n) is 5.07. The molecule has 0 fully saturated rings. The minimum Gasteiger partial charge on any atom is -0.477 e. The van der Waals surface area contributed by atoms with Crippen LogP contribution in [0, 0.1) is 6.92 Å². The fourth-order valence-electron chi connectivity index (χ4n) is 2.09. The summed E-state index contributed by atoms with van der Waals surface area (Å²) in [6.45, 7) is 4.79. The number of aromatic carboxylic acids is 1. The number of nitrogens with zero attached hydrogens (tertiary/aromatic N) is 4. The summed E-state index contributed by atoms with van der Waals surface area (Å²) < 4.78 is 3.02. The van der Waals surface area contributed by atoms with Gasteiger partial charge in [-0.05, 0) is 31.9 Å². The highest BCUT2D eigenvalue weighted by atomic mass is 16.4. The van der Waals surface area contributed by atoms with Crippen molar-refractivity contribution in [2.75, 3.05) is 6.54 Å². The van der Waals surface area contributed by atoms with Crippen molar-refractivity contribution in [1.29, 1.82) is 0 Å². The third-order valence-electron chi connectivity index (χ3n) is 3.26. The summed E-state index contributed by atoms with van der Waals surface area (Å²) in [5, 5.41) is 19.9. The number of aryl methyl sites for hydroxylation is 2. The van der Waals surface area contributed by atoms with E-state index < -0.39 is 12.0 Å². The van der Waals surface area contributed by atoms with E-state index >= 15 is 0 Å². The number of carboxylic acids is 1. The number of hydrogen-bond donors (Lipinski definition) is 2. The van der Waals surface area contributed by atoms with Gasteiger partial charge in [0.15, 0.2) is 0 Å². The van der Waals surface area contributed by atoms with Crippen molar-refractivity contribution >= 4 is 11.9 Å². The first-order valence-electron chi connectivity index (χ1n) is 7.02. The van der Waals surface area contributed by atoms with Crippen molar-refractivity contribution in [3.05, 3.63) is 35.9 Å². The van der Waals surface area contributed by atoms with Gasteiger partial charge in [-0.25, -0.2) is 9.48 Å². The number of carboxylic acid groups (broad SMARTS) is 1. The molecule has 2 aromatic heterocycles. The smallest absolute Gasteiger partial charge is 0.354 e. The van der Waals surface area contributed by atoms with Crippen molar-refractivity contribution in [2.45, 2.75) is 32.9 Å². The zero-order valence-corrected chi connectivity index (χ0v) is 12.6. The van der Waals surface area contributed by atoms with Crippen LogP contribution in [0.2, 0.25) is 0 Å². The van der Waals surface area contributed by atoms with E-state index in [1.165, 1.54) is 16.9 Å². The summed E-state index contributed by atoms with van der Waals surface area (Å²) in [6.07, 6.45) is 5.83. The first-order valence-corrected chi connectivity index (χ1v) is 7.02. The molecule has 0 radical (unpaired) electrons. The Bertz CT molecular complexity index is 661. The van der Waals surface area contributed by atoms with E-state index in [0.29, 0.717) is 13.1 Å². The van der Waals surface area contributed by atoms with Crippen molar-refractivity contribution in [3.8, 4) is 0 Å². The van der Waals surface area contributed by atoms with Gasteiger partial charge in [-0.2, -0.15) is 10.2 Å². The molecule has 1 atom stereocenters. The molecule has 0 aliphatic heterocycles. The van der Waals surface area contributed by atoms with Crippen LogP contribution in [-0.4, -0.2) is 43.1 Å². The van der Waals surface area contributed by atoms with Gasteiger partial charge in [0.25, 0.3) is 0 Å². The van der Waals surface area contributed by atoms with Gasteiger partial charge in [0.2, 0.25) is 5.91 Å². The molecule has 0 aliphatic carbocycles. The molecule has 8 heteroatoms. The quantitative estimate of drug-likeness (QED) is 0.738. The van der Waals surface area contributed by atoms with Crippen molar-refractivity contribution < 1.29 is 14.7 Å². The maximum absolute atomic E-state index is 12.0. The molecule has 0 bridgehead atoms. The molecular formula is C14H19N5O3. The molecule has 0 aromatic carbocycles. The molecule has 118 valence electrons. The third kappa shape index (κ3) is 3.72. The summed E-state index contributed by atoms with van der Waals surface area (Å²) >= 11 is 0. The van der Waals surface area contributed by atoms with Gasteiger partial charge in [0, 0.05) is 25.5 Å². The number of nitrogens with one attached hydrogen (secondary N) is 1. The lowest BCUT2D eigenvalue weighted by atomic mass is 10.3. The highest BCUT2D eigenvalue weighted by molar-refractivity contribution is 5.87. The van der Waals surface area contributed by atoms with Gasteiger partial charge in [-0.15, -0.1) is 0 Å². The Hall–Kier alpha value is -2.64. The summed E-state index contributed by atoms with van der Waals surface area (Å²) in [5.41, 5.74) is 1.09. The first-order chi connectivity index (χ1) is 10.5. The molecule has 2 rings (SSSR count). The Balaban J connectivity index is 1.81. The largest absolute Gasteiger partial charge is 0.477 e. The molecule has 8 nitrogen and oxygen atoms in total. The zero-order valence-electron chi connectivity index (χ0n) is 12.6. The molecule has 0 saturated heterocycles. The topological polar surface area (TPSA) is 102 Å². The number of carbonyl (C=O) groups is 2. The van der Waals surface area contributed by atoms with Crippen LogP contribution in [0.15, 0.2) is 24.7 Å². The zero-order chi connectivity index (χ0) is 16.1. The molecule has 2 N–H and O–H groups in total. The monoisotopic (exact) mass is 305 g/mol. The van der Waals surface area contributed by atoms with Crippen molar-refractivity contribution in [1.82, 2.24) is 24.9 Å². The van der Waals surface area contributed by atoms with E-state index in [0.717, 1.165) is 12.0 Å². The van der Waals surface area contributed by atoms with Gasteiger partial charge < -0.3 is 10.4 Å². The van der Waals surface area contributed by atoms with Crippen LogP contribution < -0.4 is 5.32 Å². The number of hydrogen-bond acceptors (Lipinski definition) is 4. The highest BCUT2D eigenvalue weighted by Gasteiger charge is 2.20. The number of aromatic nitrogens is 4. The van der Waals surface area contributed by atoms with Crippen LogP contribution >= 0.6 is 0 Å². The highest BCUT2D eigenvalue weighted by Crippen LogP contribution is 2.09. The van der Waals surface area contributed by atoms with Crippen LogP contribution in [0.25, 0.3) is 0 Å². The predicted octanol–water partition coefficient (Wildman–Crippen LogP) is 0.854. The first kappa shape index (κ1) is 15.7. The van der Waals surface area contributed by atoms with E-state index in [-0.39, 0.29) is 11.6 Å². The van der Waals surface area contributed by atoms with Crippen LogP contribution in [0.1, 0.15) is 35.4 Å². The van der Waals surface area contributed by atoms with Crippen LogP contribution in [-0.2, 0) is 11.3 Å². The van der Waals surface area contributed by atoms with E-state index in [1.807, 2.05) is 17.8 Å². The third-order valence-corrected chi connectivity index (χ3v) is 3.26. The van der Waals surface area contributed by atoms with Crippen LogP contribution in [0.5, 0.6) is 0 Å². The Labute approximate surface area is 127 Å². The summed E-state index contributed by atoms with van der Waals surface area (Å²) in [6, 6.07) is 0.694. The minimum atomic E-state index is -1.11. The fraction of sp³-hybridized carbons (Fsp3) is 0.429. The maximum atomic E-state index is 12.0. The Morgan fingerprint density at radius 2 is 2.18 bits per heavy atom. The molecule has 1 amide bonds. The molecule has 0 aliphatic rings. The Kier molecular flexibility index (Phi) is 4.92. The minimum absolute atomic E-state index is 0.00494. The van der Waals surface area contributed by atoms with Gasteiger partial charge in [0.05, 0.1) is 6.20 Å². The number of amides is 1. The number of rotatable bonds is 7.